The highest BCUT2D eigenvalue weighted by atomic mass is 79.9. The van der Waals surface area contributed by atoms with Gasteiger partial charge in [-0.3, -0.25) is 0 Å². The van der Waals surface area contributed by atoms with Gasteiger partial charge in [0.15, 0.2) is 5.82 Å². The molecule has 14 heteroatoms. The molecule has 0 spiro atoms. The molecular weight excluding hydrogens is 552 g/mol. The number of hydrogen-bond acceptors (Lipinski definition) is 9. The van der Waals surface area contributed by atoms with E-state index in [1.54, 1.807) is 42.7 Å². The summed E-state index contributed by atoms with van der Waals surface area (Å²) >= 11 is 9.26. The SMILES string of the molecule is O=S(=O)(Nc1ccco1)Nc1ncnc(OCCOc2ncc(Br)cn2)c1-c1ccc(Cl)cc1. The Morgan fingerprint density at radius 1 is 0.971 bits per heavy atom. The van der Waals surface area contributed by atoms with Crippen molar-refractivity contribution in [1.82, 2.24) is 19.9 Å². The van der Waals surface area contributed by atoms with Crippen LogP contribution in [0.3, 0.4) is 0 Å². The Kier molecular flexibility index (Phi) is 7.45. The van der Waals surface area contributed by atoms with Crippen LogP contribution in [0.2, 0.25) is 5.02 Å². The van der Waals surface area contributed by atoms with Crippen molar-refractivity contribution in [3.63, 3.8) is 0 Å². The maximum Gasteiger partial charge on any atom is 0.325 e. The molecule has 2 N–H and O–H groups in total. The van der Waals surface area contributed by atoms with Crippen LogP contribution in [0.5, 0.6) is 11.9 Å². The molecular formula is C20H16BrClN6O5S. The summed E-state index contributed by atoms with van der Waals surface area (Å²) in [7, 11) is -4.09. The van der Waals surface area contributed by atoms with Crippen molar-refractivity contribution in [1.29, 1.82) is 0 Å². The maximum atomic E-state index is 12.6. The van der Waals surface area contributed by atoms with Crippen LogP contribution < -0.4 is 18.9 Å². The Hall–Kier alpha value is -3.42. The number of benzene rings is 1. The summed E-state index contributed by atoms with van der Waals surface area (Å²) < 4.78 is 46.9. The largest absolute Gasteiger partial charge is 0.473 e. The predicted molar refractivity (Wildman–Crippen MR) is 128 cm³/mol. The minimum atomic E-state index is -4.09. The Bertz CT molecular complexity index is 1340. The standard InChI is InChI=1S/C20H16BrClN6O5S/c21-14-10-23-20(24-11-14)33-9-8-32-19-17(13-3-5-15(22)6-4-13)18(25-12-26-19)28-34(29,30)27-16-2-1-7-31-16/h1-7,10-12,27H,8-9H2,(H,25,26,28). The highest BCUT2D eigenvalue weighted by Gasteiger charge is 2.20. The van der Waals surface area contributed by atoms with E-state index in [-0.39, 0.29) is 36.8 Å². The van der Waals surface area contributed by atoms with E-state index in [0.29, 0.717) is 16.1 Å². The number of aromatic nitrogens is 4. The van der Waals surface area contributed by atoms with E-state index >= 15 is 0 Å². The lowest BCUT2D eigenvalue weighted by Crippen LogP contribution is -2.22. The second-order valence-corrected chi connectivity index (χ2v) is 9.24. The van der Waals surface area contributed by atoms with Crippen LogP contribution in [-0.4, -0.2) is 41.6 Å². The van der Waals surface area contributed by atoms with Crippen molar-refractivity contribution in [3.05, 3.63) is 70.9 Å². The molecule has 3 aromatic heterocycles. The Labute approximate surface area is 207 Å². The topological polar surface area (TPSA) is 141 Å². The zero-order valence-corrected chi connectivity index (χ0v) is 20.3. The number of halogens is 2. The molecule has 0 unspecified atom stereocenters. The van der Waals surface area contributed by atoms with E-state index < -0.39 is 10.2 Å². The maximum absolute atomic E-state index is 12.6. The molecule has 0 aliphatic carbocycles. The fourth-order valence-electron chi connectivity index (χ4n) is 2.70. The first-order valence-electron chi connectivity index (χ1n) is 9.58. The molecule has 0 aliphatic rings. The van der Waals surface area contributed by atoms with Crippen LogP contribution in [-0.2, 0) is 10.2 Å². The van der Waals surface area contributed by atoms with Crippen molar-refractivity contribution in [2.75, 3.05) is 22.7 Å². The molecule has 176 valence electrons. The number of ether oxygens (including phenoxy) is 2. The first-order valence-corrected chi connectivity index (χ1v) is 12.2. The van der Waals surface area contributed by atoms with Gasteiger partial charge in [0.25, 0.3) is 0 Å². The van der Waals surface area contributed by atoms with Gasteiger partial charge < -0.3 is 13.9 Å². The summed E-state index contributed by atoms with van der Waals surface area (Å²) in [6.07, 6.45) is 5.63. The minimum Gasteiger partial charge on any atom is -0.473 e. The van der Waals surface area contributed by atoms with Crippen LogP contribution in [0.25, 0.3) is 11.1 Å². The van der Waals surface area contributed by atoms with E-state index in [4.69, 9.17) is 25.5 Å². The van der Waals surface area contributed by atoms with Crippen molar-refractivity contribution < 1.29 is 22.3 Å². The summed E-state index contributed by atoms with van der Waals surface area (Å²) in [5.74, 6) is 0.162. The van der Waals surface area contributed by atoms with Gasteiger partial charge in [-0.15, -0.1) is 0 Å². The average molecular weight is 568 g/mol. The normalized spacial score (nSPS) is 11.1. The smallest absolute Gasteiger partial charge is 0.325 e. The molecule has 0 amide bonds. The fraction of sp³-hybridized carbons (Fsp3) is 0.100. The Balaban J connectivity index is 1.55. The van der Waals surface area contributed by atoms with Crippen LogP contribution in [0.4, 0.5) is 11.7 Å². The lowest BCUT2D eigenvalue weighted by molar-refractivity contribution is 0.202. The van der Waals surface area contributed by atoms with E-state index in [1.807, 2.05) is 0 Å². The van der Waals surface area contributed by atoms with Crippen molar-refractivity contribution in [2.24, 2.45) is 0 Å². The summed E-state index contributed by atoms with van der Waals surface area (Å²) in [6.45, 7) is 0.195. The number of hydrogen-bond donors (Lipinski definition) is 2. The third-order valence-corrected chi connectivity index (χ3v) is 5.68. The third kappa shape index (κ3) is 6.34. The number of nitrogens with one attached hydrogen (secondary N) is 2. The molecule has 0 saturated heterocycles. The van der Waals surface area contributed by atoms with E-state index in [2.05, 4.69) is 45.3 Å². The zero-order valence-electron chi connectivity index (χ0n) is 17.2. The van der Waals surface area contributed by atoms with Gasteiger partial charge in [-0.25, -0.2) is 29.4 Å². The van der Waals surface area contributed by atoms with Crippen molar-refractivity contribution in [2.45, 2.75) is 0 Å². The number of furan rings is 1. The highest BCUT2D eigenvalue weighted by Crippen LogP contribution is 2.35. The average Bonchev–Trinajstić information content (AvgIpc) is 3.31. The lowest BCUT2D eigenvalue weighted by Gasteiger charge is -2.15. The van der Waals surface area contributed by atoms with Crippen LogP contribution in [0, 0.1) is 0 Å². The zero-order chi connectivity index (χ0) is 24.0. The third-order valence-electron chi connectivity index (χ3n) is 4.08. The molecule has 0 fully saturated rings. The van der Waals surface area contributed by atoms with Gasteiger partial charge in [0, 0.05) is 23.5 Å². The fourth-order valence-corrected chi connectivity index (χ4v) is 3.87. The second-order valence-electron chi connectivity index (χ2n) is 6.47. The molecule has 0 bridgehead atoms. The molecule has 0 saturated carbocycles. The van der Waals surface area contributed by atoms with Gasteiger partial charge in [-0.1, -0.05) is 23.7 Å². The summed E-state index contributed by atoms with van der Waals surface area (Å²) in [6, 6.07) is 9.89. The molecule has 4 rings (SSSR count). The number of nitrogens with zero attached hydrogens (tertiary/aromatic N) is 4. The molecule has 4 aromatic rings. The van der Waals surface area contributed by atoms with Gasteiger partial charge in [-0.2, -0.15) is 8.42 Å². The predicted octanol–water partition coefficient (Wildman–Crippen LogP) is 4.17. The van der Waals surface area contributed by atoms with Crippen LogP contribution in [0.15, 0.2) is 70.3 Å². The van der Waals surface area contributed by atoms with Gasteiger partial charge in [0.2, 0.25) is 11.8 Å². The highest BCUT2D eigenvalue weighted by molar-refractivity contribution is 9.10. The van der Waals surface area contributed by atoms with Gasteiger partial charge >= 0.3 is 16.2 Å². The number of anilines is 2. The lowest BCUT2D eigenvalue weighted by atomic mass is 10.1. The molecule has 0 atom stereocenters. The molecule has 3 heterocycles. The molecule has 0 aliphatic heterocycles. The van der Waals surface area contributed by atoms with E-state index in [9.17, 15) is 8.42 Å². The van der Waals surface area contributed by atoms with Gasteiger partial charge in [0.05, 0.1) is 16.3 Å². The molecule has 1 aromatic carbocycles. The molecule has 0 radical (unpaired) electrons. The van der Waals surface area contributed by atoms with Crippen LogP contribution >= 0.6 is 27.5 Å². The summed E-state index contributed by atoms with van der Waals surface area (Å²) in [4.78, 5) is 16.3. The summed E-state index contributed by atoms with van der Waals surface area (Å²) in [5.41, 5.74) is 0.886. The first-order chi connectivity index (χ1) is 16.4. The van der Waals surface area contributed by atoms with E-state index in [0.717, 1.165) is 4.47 Å². The van der Waals surface area contributed by atoms with Gasteiger partial charge in [0.1, 0.15) is 19.5 Å². The number of rotatable bonds is 10. The Morgan fingerprint density at radius 3 is 2.41 bits per heavy atom. The minimum absolute atomic E-state index is 0.0106. The van der Waals surface area contributed by atoms with E-state index in [1.165, 1.54) is 18.7 Å². The second kappa shape index (κ2) is 10.7. The summed E-state index contributed by atoms with van der Waals surface area (Å²) in [5, 5.41) is 0.507. The van der Waals surface area contributed by atoms with Gasteiger partial charge in [-0.05, 0) is 39.7 Å². The van der Waals surface area contributed by atoms with Crippen molar-refractivity contribution in [3.8, 4) is 23.0 Å². The Morgan fingerprint density at radius 2 is 1.71 bits per heavy atom. The molecule has 11 nitrogen and oxygen atoms in total. The van der Waals surface area contributed by atoms with Crippen LogP contribution in [0.1, 0.15) is 0 Å². The van der Waals surface area contributed by atoms with Crippen molar-refractivity contribution >= 4 is 49.4 Å². The molecule has 34 heavy (non-hydrogen) atoms. The first kappa shape index (κ1) is 23.7. The quantitative estimate of drug-likeness (QED) is 0.270. The monoisotopic (exact) mass is 566 g/mol.